The zero-order chi connectivity index (χ0) is 23.5. The quantitative estimate of drug-likeness (QED) is 0.664. The largest absolute Gasteiger partial charge is 0.453 e. The summed E-state index contributed by atoms with van der Waals surface area (Å²) in [6.07, 6.45) is 4.14. The summed E-state index contributed by atoms with van der Waals surface area (Å²) in [7, 11) is 0.547. The molecule has 1 fully saturated rings. The van der Waals surface area contributed by atoms with Gasteiger partial charge in [0, 0.05) is 26.2 Å². The fraction of sp³-hybridized carbons (Fsp3) is 0.591. The van der Waals surface area contributed by atoms with Crippen LogP contribution in [0, 0.1) is 5.82 Å². The summed E-state index contributed by atoms with van der Waals surface area (Å²) in [5.74, 6) is -0.258. The first-order valence-corrected chi connectivity index (χ1v) is 12.2. The summed E-state index contributed by atoms with van der Waals surface area (Å²) >= 11 is 0. The number of benzene rings is 1. The van der Waals surface area contributed by atoms with Gasteiger partial charge in [-0.05, 0) is 55.9 Å². The number of halogens is 1. The maximum Gasteiger partial charge on any atom is 0.410 e. The lowest BCUT2D eigenvalue weighted by Crippen LogP contribution is -2.52. The maximum atomic E-state index is 13.5. The van der Waals surface area contributed by atoms with E-state index in [1.165, 1.54) is 33.3 Å². The van der Waals surface area contributed by atoms with Crippen LogP contribution in [0.2, 0.25) is 0 Å². The highest BCUT2D eigenvalue weighted by molar-refractivity contribution is 7.87. The van der Waals surface area contributed by atoms with Crippen molar-refractivity contribution in [3.8, 4) is 0 Å². The molecule has 1 aliphatic carbocycles. The molecule has 0 saturated carbocycles. The molecule has 0 bridgehead atoms. The van der Waals surface area contributed by atoms with Crippen LogP contribution >= 0.6 is 0 Å². The lowest BCUT2D eigenvalue weighted by atomic mass is 9.92. The first-order valence-electron chi connectivity index (χ1n) is 10.7. The highest BCUT2D eigenvalue weighted by atomic mass is 32.2. The summed E-state index contributed by atoms with van der Waals surface area (Å²) in [5, 5.41) is 0. The van der Waals surface area contributed by atoms with E-state index in [0.717, 1.165) is 28.3 Å². The van der Waals surface area contributed by atoms with Gasteiger partial charge in [-0.15, -0.1) is 0 Å². The van der Waals surface area contributed by atoms with E-state index in [1.807, 2.05) is 13.0 Å². The molecule has 4 atom stereocenters. The molecule has 1 heterocycles. The van der Waals surface area contributed by atoms with E-state index in [0.29, 0.717) is 12.8 Å². The Balaban J connectivity index is 1.67. The van der Waals surface area contributed by atoms with Gasteiger partial charge < -0.3 is 9.47 Å². The lowest BCUT2D eigenvalue weighted by molar-refractivity contribution is 0.00663. The summed E-state index contributed by atoms with van der Waals surface area (Å²) < 4.78 is 53.2. The molecule has 0 spiro atoms. The number of likely N-dealkylation sites (tertiary alicyclic amines) is 1. The van der Waals surface area contributed by atoms with Crippen molar-refractivity contribution in [3.63, 3.8) is 0 Å². The van der Waals surface area contributed by atoms with Crippen LogP contribution < -0.4 is 4.72 Å². The van der Waals surface area contributed by atoms with Crippen molar-refractivity contribution in [2.45, 2.75) is 56.8 Å². The van der Waals surface area contributed by atoms with Crippen molar-refractivity contribution in [1.82, 2.24) is 13.9 Å². The lowest BCUT2D eigenvalue weighted by Gasteiger charge is -2.31. The van der Waals surface area contributed by atoms with Gasteiger partial charge in [-0.2, -0.15) is 17.4 Å². The van der Waals surface area contributed by atoms with Crippen molar-refractivity contribution in [1.29, 1.82) is 0 Å². The van der Waals surface area contributed by atoms with E-state index in [9.17, 15) is 17.6 Å². The van der Waals surface area contributed by atoms with Crippen LogP contribution in [-0.4, -0.2) is 75.8 Å². The first-order chi connectivity index (χ1) is 15.1. The van der Waals surface area contributed by atoms with Gasteiger partial charge >= 0.3 is 6.09 Å². The molecule has 2 aliphatic rings. The minimum absolute atomic E-state index is 0.0613. The van der Waals surface area contributed by atoms with Gasteiger partial charge in [-0.25, -0.2) is 9.18 Å². The Hall–Kier alpha value is -2.01. The van der Waals surface area contributed by atoms with Crippen molar-refractivity contribution in [2.75, 3.05) is 27.8 Å². The maximum absolute atomic E-state index is 13.5. The van der Waals surface area contributed by atoms with E-state index >= 15 is 0 Å². The van der Waals surface area contributed by atoms with Crippen molar-refractivity contribution >= 4 is 21.9 Å². The molecular weight excluding hydrogens is 437 g/mol. The summed E-state index contributed by atoms with van der Waals surface area (Å²) in [5.41, 5.74) is 1.97. The monoisotopic (exact) mass is 469 g/mol. The van der Waals surface area contributed by atoms with Crippen LogP contribution in [-0.2, 0) is 19.7 Å². The van der Waals surface area contributed by atoms with Crippen LogP contribution in [0.3, 0.4) is 0 Å². The molecule has 1 aromatic rings. The van der Waals surface area contributed by atoms with Crippen LogP contribution in [0.4, 0.5) is 9.18 Å². The topological polar surface area (TPSA) is 88.2 Å². The molecule has 3 rings (SSSR count). The Morgan fingerprint density at radius 3 is 2.69 bits per heavy atom. The third-order valence-corrected chi connectivity index (χ3v) is 7.68. The molecule has 1 aliphatic heterocycles. The molecule has 1 amide bonds. The molecule has 0 unspecified atom stereocenters. The van der Waals surface area contributed by atoms with E-state index in [2.05, 4.69) is 10.8 Å². The predicted molar refractivity (Wildman–Crippen MR) is 120 cm³/mol. The molecule has 1 aromatic carbocycles. The number of allylic oxidation sites excluding steroid dienone is 1. The zero-order valence-corrected chi connectivity index (χ0v) is 19.8. The van der Waals surface area contributed by atoms with Crippen LogP contribution in [0.1, 0.15) is 38.2 Å². The fourth-order valence-electron chi connectivity index (χ4n) is 4.35. The number of amides is 1. The van der Waals surface area contributed by atoms with E-state index in [1.54, 1.807) is 11.0 Å². The number of nitrogens with zero attached hydrogens (tertiary/aromatic N) is 2. The third-order valence-electron chi connectivity index (χ3n) is 6.12. The van der Waals surface area contributed by atoms with E-state index < -0.39 is 28.4 Å². The highest BCUT2D eigenvalue weighted by Crippen LogP contribution is 2.31. The average Bonchev–Trinajstić information content (AvgIpc) is 3.06. The number of carbonyl (C=O) groups is 1. The van der Waals surface area contributed by atoms with Gasteiger partial charge in [-0.1, -0.05) is 18.2 Å². The SMILES string of the molecule is COC(=O)N1[C@H](C)C[C@H](NS(=O)(=O)N(C)C)[C@@H]1CO[C@@H]1CC=C(c2cccc(F)c2)CC1. The number of carbonyl (C=O) groups excluding carboxylic acids is 1. The molecule has 178 valence electrons. The second-order valence-electron chi connectivity index (χ2n) is 8.51. The van der Waals surface area contributed by atoms with Gasteiger partial charge in [-0.3, -0.25) is 4.90 Å². The molecule has 1 saturated heterocycles. The molecule has 1 N–H and O–H groups in total. The van der Waals surface area contributed by atoms with Crippen LogP contribution in [0.5, 0.6) is 0 Å². The summed E-state index contributed by atoms with van der Waals surface area (Å²) in [6, 6.07) is 5.38. The van der Waals surface area contributed by atoms with Crippen molar-refractivity contribution in [3.05, 3.63) is 41.7 Å². The average molecular weight is 470 g/mol. The number of methoxy groups -OCH3 is 1. The Morgan fingerprint density at radius 2 is 2.09 bits per heavy atom. The van der Waals surface area contributed by atoms with Crippen LogP contribution in [0.25, 0.3) is 5.57 Å². The fourth-order valence-corrected chi connectivity index (χ4v) is 5.19. The zero-order valence-electron chi connectivity index (χ0n) is 19.0. The highest BCUT2D eigenvalue weighted by Gasteiger charge is 2.44. The van der Waals surface area contributed by atoms with Crippen LogP contribution in [0.15, 0.2) is 30.3 Å². The normalized spacial score (nSPS) is 26.3. The van der Waals surface area contributed by atoms with Gasteiger partial charge in [0.05, 0.1) is 25.9 Å². The standard InChI is InChI=1S/C22H32FN3O5S/c1-15-12-20(24-32(28,29)25(2)3)21(26(15)22(27)30-4)14-31-19-10-8-16(9-11-19)17-6-5-7-18(23)13-17/h5-8,13,15,19-21,24H,9-12,14H2,1-4H3/t15-,19-,20+,21+/m1/s1. The number of nitrogens with one attached hydrogen (secondary N) is 1. The van der Waals surface area contributed by atoms with E-state index in [-0.39, 0.29) is 24.6 Å². The minimum Gasteiger partial charge on any atom is -0.453 e. The van der Waals surface area contributed by atoms with Gasteiger partial charge in [0.15, 0.2) is 0 Å². The number of ether oxygens (including phenoxy) is 2. The van der Waals surface area contributed by atoms with Crippen molar-refractivity contribution < 1.29 is 27.1 Å². The molecule has 0 aromatic heterocycles. The molecule has 10 heteroatoms. The van der Waals surface area contributed by atoms with Gasteiger partial charge in [0.25, 0.3) is 10.2 Å². The van der Waals surface area contributed by atoms with Gasteiger partial charge in [0.1, 0.15) is 5.82 Å². The summed E-state index contributed by atoms with van der Waals surface area (Å²) in [4.78, 5) is 13.9. The first kappa shape index (κ1) is 24.6. The van der Waals surface area contributed by atoms with Crippen molar-refractivity contribution in [2.24, 2.45) is 0 Å². The number of hydrogen-bond acceptors (Lipinski definition) is 5. The predicted octanol–water partition coefficient (Wildman–Crippen LogP) is 2.77. The second-order valence-corrected chi connectivity index (χ2v) is 10.4. The Labute approximate surface area is 189 Å². The Morgan fingerprint density at radius 1 is 1.34 bits per heavy atom. The molecule has 0 radical (unpaired) electrons. The smallest absolute Gasteiger partial charge is 0.410 e. The summed E-state index contributed by atoms with van der Waals surface area (Å²) in [6.45, 7) is 2.05. The number of hydrogen-bond donors (Lipinski definition) is 1. The molecular formula is C22H32FN3O5S. The second kappa shape index (κ2) is 10.3. The number of rotatable bonds is 7. The van der Waals surface area contributed by atoms with E-state index in [4.69, 9.17) is 9.47 Å². The van der Waals surface area contributed by atoms with Gasteiger partial charge in [0.2, 0.25) is 0 Å². The molecule has 32 heavy (non-hydrogen) atoms. The third kappa shape index (κ3) is 5.67. The minimum atomic E-state index is -3.67. The Kier molecular flexibility index (Phi) is 7.92. The Bertz CT molecular complexity index is 953. The molecule has 8 nitrogen and oxygen atoms in total.